The maximum Gasteiger partial charge on any atom is 0.227 e. The average Bonchev–Trinajstić information content (AvgIpc) is 3.00. The fourth-order valence-corrected chi connectivity index (χ4v) is 2.77. The molecule has 0 aliphatic carbocycles. The van der Waals surface area contributed by atoms with E-state index in [1.54, 1.807) is 0 Å². The van der Waals surface area contributed by atoms with Crippen molar-refractivity contribution in [3.63, 3.8) is 0 Å². The lowest BCUT2D eigenvalue weighted by Gasteiger charge is -2.19. The van der Waals surface area contributed by atoms with E-state index < -0.39 is 0 Å². The predicted octanol–water partition coefficient (Wildman–Crippen LogP) is 4.32. The minimum absolute atomic E-state index is 0.180. The van der Waals surface area contributed by atoms with Crippen LogP contribution in [0.5, 0.6) is 0 Å². The van der Waals surface area contributed by atoms with Crippen molar-refractivity contribution in [2.24, 2.45) is 0 Å². The Balaban J connectivity index is 1.93. The maximum atomic E-state index is 12.2. The van der Waals surface area contributed by atoms with Gasteiger partial charge in [0.15, 0.2) is 0 Å². The van der Waals surface area contributed by atoms with Gasteiger partial charge in [-0.05, 0) is 38.0 Å². The highest BCUT2D eigenvalue weighted by Crippen LogP contribution is 2.25. The van der Waals surface area contributed by atoms with Crippen LogP contribution in [0.4, 0.5) is 0 Å². The van der Waals surface area contributed by atoms with Crippen molar-refractivity contribution < 1.29 is 4.79 Å². The first-order chi connectivity index (χ1) is 11.6. The largest absolute Gasteiger partial charge is 0.311 e. The Morgan fingerprint density at radius 1 is 1.00 bits per heavy atom. The molecular formula is C22H21NO. The Hall–Kier alpha value is -2.79. The monoisotopic (exact) mass is 315 g/mol. The summed E-state index contributed by atoms with van der Waals surface area (Å²) in [6, 6.07) is 16.4. The molecule has 3 rings (SSSR count). The molecule has 2 aromatic rings. The second-order valence-electron chi connectivity index (χ2n) is 6.18. The van der Waals surface area contributed by atoms with Crippen LogP contribution in [-0.2, 0) is 4.79 Å². The lowest BCUT2D eigenvalue weighted by atomic mass is 10.1. The van der Waals surface area contributed by atoms with E-state index in [9.17, 15) is 4.79 Å². The number of carbonyl (C=O) groups excluding carboxylic acids is 1. The third-order valence-corrected chi connectivity index (χ3v) is 4.19. The average molecular weight is 315 g/mol. The molecule has 0 spiro atoms. The summed E-state index contributed by atoms with van der Waals surface area (Å²) >= 11 is 0. The summed E-state index contributed by atoms with van der Waals surface area (Å²) in [4.78, 5) is 14.0. The van der Waals surface area contributed by atoms with Crippen molar-refractivity contribution in [3.8, 4) is 11.8 Å². The third kappa shape index (κ3) is 3.75. The van der Waals surface area contributed by atoms with Gasteiger partial charge in [-0.1, -0.05) is 59.4 Å². The van der Waals surface area contributed by atoms with E-state index in [4.69, 9.17) is 0 Å². The first-order valence-electron chi connectivity index (χ1n) is 8.29. The van der Waals surface area contributed by atoms with Gasteiger partial charge in [0.25, 0.3) is 0 Å². The molecule has 0 N–H and O–H groups in total. The summed E-state index contributed by atoms with van der Waals surface area (Å²) < 4.78 is 0. The van der Waals surface area contributed by atoms with E-state index in [0.717, 1.165) is 29.8 Å². The van der Waals surface area contributed by atoms with Crippen molar-refractivity contribution >= 4 is 11.6 Å². The van der Waals surface area contributed by atoms with Gasteiger partial charge in [0.2, 0.25) is 5.91 Å². The normalized spacial score (nSPS) is 14.5. The smallest absolute Gasteiger partial charge is 0.227 e. The number of rotatable bonds is 2. The molecule has 1 fully saturated rings. The number of amides is 1. The summed E-state index contributed by atoms with van der Waals surface area (Å²) in [5.41, 5.74) is 5.34. The van der Waals surface area contributed by atoms with Gasteiger partial charge in [-0.3, -0.25) is 4.79 Å². The van der Waals surface area contributed by atoms with Crippen molar-refractivity contribution in [2.45, 2.75) is 26.7 Å². The Bertz CT molecular complexity index is 817. The van der Waals surface area contributed by atoms with Gasteiger partial charge in [-0.2, -0.15) is 0 Å². The highest BCUT2D eigenvalue weighted by atomic mass is 16.2. The molecule has 1 aliphatic heterocycles. The van der Waals surface area contributed by atoms with Gasteiger partial charge in [0.1, 0.15) is 0 Å². The van der Waals surface area contributed by atoms with Crippen molar-refractivity contribution in [3.05, 3.63) is 76.9 Å². The molecule has 0 unspecified atom stereocenters. The van der Waals surface area contributed by atoms with Crippen LogP contribution in [0.1, 0.15) is 35.1 Å². The summed E-state index contributed by atoms with van der Waals surface area (Å²) in [6.07, 6.45) is 3.40. The lowest BCUT2D eigenvalue weighted by Crippen LogP contribution is -2.22. The number of carbonyl (C=O) groups is 1. The molecule has 120 valence electrons. The van der Waals surface area contributed by atoms with Crippen molar-refractivity contribution in [2.75, 3.05) is 6.54 Å². The van der Waals surface area contributed by atoms with Crippen LogP contribution in [0.2, 0.25) is 0 Å². The molecule has 0 bridgehead atoms. The zero-order valence-corrected chi connectivity index (χ0v) is 14.2. The van der Waals surface area contributed by atoms with Crippen LogP contribution in [-0.4, -0.2) is 17.4 Å². The standard InChI is InChI=1S/C22H21NO/c1-17-8-12-19(13-9-17)5-3-6-21(23-16-4-7-22(23)24)20-14-10-18(2)11-15-20/h6,8-15H,4,7,16H2,1-2H3/b21-6-. The number of hydrogen-bond acceptors (Lipinski definition) is 1. The molecule has 2 nitrogen and oxygen atoms in total. The Morgan fingerprint density at radius 3 is 2.21 bits per heavy atom. The number of allylic oxidation sites excluding steroid dienone is 1. The van der Waals surface area contributed by atoms with Gasteiger partial charge in [-0.25, -0.2) is 0 Å². The van der Waals surface area contributed by atoms with E-state index in [1.165, 1.54) is 11.1 Å². The Morgan fingerprint density at radius 2 is 1.62 bits per heavy atom. The Labute approximate surface area is 143 Å². The molecule has 1 saturated heterocycles. The summed E-state index contributed by atoms with van der Waals surface area (Å²) in [6.45, 7) is 4.89. The molecule has 0 radical (unpaired) electrons. The predicted molar refractivity (Wildman–Crippen MR) is 98.2 cm³/mol. The highest BCUT2D eigenvalue weighted by molar-refractivity contribution is 5.89. The highest BCUT2D eigenvalue weighted by Gasteiger charge is 2.24. The third-order valence-electron chi connectivity index (χ3n) is 4.19. The number of benzene rings is 2. The number of aryl methyl sites for hydroxylation is 2. The Kier molecular flexibility index (Phi) is 4.82. The molecular weight excluding hydrogens is 294 g/mol. The summed E-state index contributed by atoms with van der Waals surface area (Å²) in [5, 5.41) is 0. The van der Waals surface area contributed by atoms with Gasteiger partial charge in [0, 0.05) is 24.6 Å². The van der Waals surface area contributed by atoms with Crippen LogP contribution in [0.3, 0.4) is 0 Å². The van der Waals surface area contributed by atoms with E-state index in [1.807, 2.05) is 23.1 Å². The van der Waals surface area contributed by atoms with Gasteiger partial charge < -0.3 is 4.90 Å². The van der Waals surface area contributed by atoms with E-state index >= 15 is 0 Å². The zero-order valence-electron chi connectivity index (χ0n) is 14.2. The van der Waals surface area contributed by atoms with E-state index in [2.05, 4.69) is 62.1 Å². The topological polar surface area (TPSA) is 20.3 Å². The zero-order chi connectivity index (χ0) is 16.9. The second-order valence-corrected chi connectivity index (χ2v) is 6.18. The van der Waals surface area contributed by atoms with Gasteiger partial charge in [-0.15, -0.1) is 0 Å². The number of likely N-dealkylation sites (tertiary alicyclic amines) is 1. The van der Waals surface area contributed by atoms with Gasteiger partial charge in [0.05, 0.1) is 5.70 Å². The van der Waals surface area contributed by atoms with E-state index in [-0.39, 0.29) is 5.91 Å². The minimum atomic E-state index is 0.180. The quantitative estimate of drug-likeness (QED) is 0.756. The molecule has 0 aromatic heterocycles. The van der Waals surface area contributed by atoms with Crippen molar-refractivity contribution in [1.82, 2.24) is 4.90 Å². The number of nitrogens with zero attached hydrogens (tertiary/aromatic N) is 1. The van der Waals surface area contributed by atoms with Crippen LogP contribution in [0.15, 0.2) is 54.6 Å². The molecule has 1 amide bonds. The molecule has 2 aromatic carbocycles. The first kappa shape index (κ1) is 16.1. The second kappa shape index (κ2) is 7.19. The van der Waals surface area contributed by atoms with Crippen molar-refractivity contribution in [1.29, 1.82) is 0 Å². The molecule has 24 heavy (non-hydrogen) atoms. The van der Waals surface area contributed by atoms with Crippen LogP contribution in [0, 0.1) is 25.7 Å². The van der Waals surface area contributed by atoms with Crippen LogP contribution >= 0.6 is 0 Å². The molecule has 1 aliphatic rings. The molecule has 1 heterocycles. The fourth-order valence-electron chi connectivity index (χ4n) is 2.77. The van der Waals surface area contributed by atoms with Gasteiger partial charge >= 0.3 is 0 Å². The lowest BCUT2D eigenvalue weighted by molar-refractivity contribution is -0.124. The molecule has 0 saturated carbocycles. The van der Waals surface area contributed by atoms with Crippen LogP contribution < -0.4 is 0 Å². The van der Waals surface area contributed by atoms with Crippen LogP contribution in [0.25, 0.3) is 5.70 Å². The number of hydrogen-bond donors (Lipinski definition) is 0. The SMILES string of the molecule is Cc1ccc(C#C/C=C(/c2ccc(C)cc2)N2CCCC2=O)cc1. The fraction of sp³-hybridized carbons (Fsp3) is 0.227. The molecule has 2 heteroatoms. The molecule has 0 atom stereocenters. The minimum Gasteiger partial charge on any atom is -0.311 e. The maximum absolute atomic E-state index is 12.2. The first-order valence-corrected chi connectivity index (χ1v) is 8.29. The summed E-state index contributed by atoms with van der Waals surface area (Å²) in [7, 11) is 0. The van der Waals surface area contributed by atoms with E-state index in [0.29, 0.717) is 6.42 Å². The summed E-state index contributed by atoms with van der Waals surface area (Å²) in [5.74, 6) is 6.46.